The summed E-state index contributed by atoms with van der Waals surface area (Å²) < 4.78 is 10.4. The molecule has 1 aromatic carbocycles. The second-order valence-corrected chi connectivity index (χ2v) is 9.61. The maximum absolute atomic E-state index is 13.6. The van der Waals surface area contributed by atoms with Crippen molar-refractivity contribution in [2.45, 2.75) is 33.1 Å². The van der Waals surface area contributed by atoms with Crippen molar-refractivity contribution in [2.75, 3.05) is 25.2 Å². The number of Topliss-reactive ketones (excluding diaryl/α,β-unsaturated/α-hetero) is 1. The Morgan fingerprint density at radius 3 is 2.53 bits per heavy atom. The van der Waals surface area contributed by atoms with Crippen LogP contribution in [0.5, 0.6) is 0 Å². The van der Waals surface area contributed by atoms with E-state index in [0.717, 1.165) is 5.75 Å². The number of carbonyl (C=O) groups excluding carboxylic acids is 3. The van der Waals surface area contributed by atoms with E-state index < -0.39 is 34.5 Å². The van der Waals surface area contributed by atoms with Gasteiger partial charge in [0.2, 0.25) is 0 Å². The monoisotopic (exact) mass is 488 g/mol. The van der Waals surface area contributed by atoms with Gasteiger partial charge in [0, 0.05) is 40.8 Å². The van der Waals surface area contributed by atoms with Gasteiger partial charge in [-0.2, -0.15) is 11.8 Å². The quantitative estimate of drug-likeness (QED) is 0.192. The van der Waals surface area contributed by atoms with Crippen molar-refractivity contribution in [1.29, 1.82) is 0 Å². The van der Waals surface area contributed by atoms with Crippen molar-refractivity contribution in [3.63, 3.8) is 0 Å². The molecule has 0 saturated carbocycles. The Hall–Kier alpha value is -3.14. The molecule has 10 heteroatoms. The van der Waals surface area contributed by atoms with Crippen LogP contribution >= 0.6 is 11.8 Å². The van der Waals surface area contributed by atoms with Crippen molar-refractivity contribution in [3.05, 3.63) is 62.5 Å². The number of ether oxygens (including phenoxy) is 2. The summed E-state index contributed by atoms with van der Waals surface area (Å²) in [4.78, 5) is 49.9. The van der Waals surface area contributed by atoms with Gasteiger partial charge in [-0.25, -0.2) is 4.79 Å². The number of thioether (sulfide) groups is 1. The zero-order chi connectivity index (χ0) is 25.0. The van der Waals surface area contributed by atoms with Gasteiger partial charge in [0.25, 0.3) is 5.69 Å². The average molecular weight is 489 g/mol. The molecule has 1 aliphatic heterocycles. The van der Waals surface area contributed by atoms with Gasteiger partial charge in [-0.05, 0) is 30.6 Å². The molecule has 2 aliphatic rings. The first-order valence-corrected chi connectivity index (χ1v) is 12.2. The number of esters is 2. The van der Waals surface area contributed by atoms with Crippen LogP contribution in [-0.4, -0.2) is 47.9 Å². The van der Waals surface area contributed by atoms with Gasteiger partial charge in [-0.15, -0.1) is 0 Å². The molecule has 1 N–H and O–H groups in total. The van der Waals surface area contributed by atoms with Gasteiger partial charge in [-0.3, -0.25) is 19.7 Å². The van der Waals surface area contributed by atoms with Crippen LogP contribution in [0.3, 0.4) is 0 Å². The Balaban J connectivity index is 2.08. The Bertz CT molecular complexity index is 1060. The zero-order valence-corrected chi connectivity index (χ0v) is 20.4. The largest absolute Gasteiger partial charge is 0.468 e. The molecule has 1 aliphatic carbocycles. The van der Waals surface area contributed by atoms with Gasteiger partial charge in [0.15, 0.2) is 5.78 Å². The molecule has 0 aromatic heterocycles. The molecule has 1 heterocycles. The number of nitro benzene ring substituents is 1. The SMILES string of the molecule is CCSCCOC(=O)C1=C(C)NC2=C(C(=O)[C@H](C(=O)OC)[C@@H](C)C2)[C@@H]1c1ccc([N+](=O)[O-])cc1. The highest BCUT2D eigenvalue weighted by Crippen LogP contribution is 2.45. The van der Waals surface area contributed by atoms with E-state index in [1.165, 1.54) is 31.4 Å². The predicted molar refractivity (Wildman–Crippen MR) is 127 cm³/mol. The highest BCUT2D eigenvalue weighted by molar-refractivity contribution is 7.99. The number of non-ortho nitro benzene ring substituents is 1. The summed E-state index contributed by atoms with van der Waals surface area (Å²) in [6.45, 7) is 5.76. The lowest BCUT2D eigenvalue weighted by molar-refractivity contribution is -0.384. The fraction of sp³-hybridized carbons (Fsp3) is 0.458. The van der Waals surface area contributed by atoms with Crippen molar-refractivity contribution in [2.24, 2.45) is 11.8 Å². The third kappa shape index (κ3) is 5.01. The molecule has 0 radical (unpaired) electrons. The normalized spacial score (nSPS) is 22.1. The van der Waals surface area contributed by atoms with Gasteiger partial charge in [-0.1, -0.05) is 26.0 Å². The number of benzene rings is 1. The molecule has 34 heavy (non-hydrogen) atoms. The standard InChI is InChI=1S/C24H28N2O7S/c1-5-34-11-10-33-24(29)19-14(3)25-17-12-13(2)18(23(28)32-4)22(27)21(17)20(19)15-6-8-16(9-7-15)26(30)31/h6-9,13,18,20,25H,5,10-12H2,1-4H3/t13-,18+,20+/m0/s1. The second-order valence-electron chi connectivity index (χ2n) is 8.22. The molecule has 182 valence electrons. The van der Waals surface area contributed by atoms with Crippen LogP contribution in [0.4, 0.5) is 5.69 Å². The minimum atomic E-state index is -0.997. The smallest absolute Gasteiger partial charge is 0.336 e. The van der Waals surface area contributed by atoms with Crippen LogP contribution < -0.4 is 5.32 Å². The molecule has 1 aromatic rings. The van der Waals surface area contributed by atoms with E-state index in [2.05, 4.69) is 5.32 Å². The number of hydrogen-bond acceptors (Lipinski definition) is 9. The molecule has 0 amide bonds. The number of ketones is 1. The highest BCUT2D eigenvalue weighted by Gasteiger charge is 2.47. The Labute approximate surface area is 202 Å². The first-order chi connectivity index (χ1) is 16.2. The fourth-order valence-electron chi connectivity index (χ4n) is 4.49. The van der Waals surface area contributed by atoms with E-state index in [1.54, 1.807) is 25.6 Å². The van der Waals surface area contributed by atoms with Crippen molar-refractivity contribution >= 4 is 35.2 Å². The van der Waals surface area contributed by atoms with Crippen molar-refractivity contribution in [1.82, 2.24) is 5.32 Å². The molecule has 0 fully saturated rings. The number of nitro groups is 1. The number of hydrogen-bond donors (Lipinski definition) is 1. The Kier molecular flexibility index (Phi) is 8.14. The number of nitrogens with zero attached hydrogens (tertiary/aromatic N) is 1. The minimum Gasteiger partial charge on any atom is -0.468 e. The van der Waals surface area contributed by atoms with Crippen LogP contribution in [-0.2, 0) is 23.9 Å². The summed E-state index contributed by atoms with van der Waals surface area (Å²) in [7, 11) is 1.24. The molecule has 9 nitrogen and oxygen atoms in total. The molecular weight excluding hydrogens is 460 g/mol. The summed E-state index contributed by atoms with van der Waals surface area (Å²) in [6, 6.07) is 5.73. The van der Waals surface area contributed by atoms with Gasteiger partial charge < -0.3 is 14.8 Å². The lowest BCUT2D eigenvalue weighted by Crippen LogP contribution is -2.43. The zero-order valence-electron chi connectivity index (χ0n) is 19.6. The lowest BCUT2D eigenvalue weighted by atomic mass is 9.69. The first kappa shape index (κ1) is 25.5. The number of allylic oxidation sites excluding steroid dienone is 3. The summed E-state index contributed by atoms with van der Waals surface area (Å²) >= 11 is 1.64. The van der Waals surface area contributed by atoms with E-state index in [1.807, 2.05) is 6.92 Å². The molecule has 0 saturated heterocycles. The summed E-state index contributed by atoms with van der Waals surface area (Å²) in [5, 5.41) is 14.3. The van der Waals surface area contributed by atoms with E-state index in [4.69, 9.17) is 9.47 Å². The molecule has 3 rings (SSSR count). The van der Waals surface area contributed by atoms with Crippen LogP contribution in [0.1, 0.15) is 38.7 Å². The van der Waals surface area contributed by atoms with E-state index in [-0.39, 0.29) is 23.8 Å². The molecule has 3 atom stereocenters. The number of nitrogens with one attached hydrogen (secondary N) is 1. The average Bonchev–Trinajstić information content (AvgIpc) is 2.80. The molecule has 0 unspecified atom stereocenters. The third-order valence-corrected chi connectivity index (χ3v) is 6.93. The minimum absolute atomic E-state index is 0.107. The maximum Gasteiger partial charge on any atom is 0.336 e. The summed E-state index contributed by atoms with van der Waals surface area (Å²) in [5.74, 6) is -2.20. The van der Waals surface area contributed by atoms with Crippen molar-refractivity contribution in [3.8, 4) is 0 Å². The summed E-state index contributed by atoms with van der Waals surface area (Å²) in [6.07, 6.45) is 0.414. The van der Waals surface area contributed by atoms with Crippen molar-refractivity contribution < 1.29 is 28.8 Å². The molecular formula is C24H28N2O7S. The van der Waals surface area contributed by atoms with Crippen LogP contribution in [0.2, 0.25) is 0 Å². The van der Waals surface area contributed by atoms with E-state index in [9.17, 15) is 24.5 Å². The van der Waals surface area contributed by atoms with Gasteiger partial charge in [0.05, 0.1) is 17.6 Å². The number of rotatable bonds is 8. The van der Waals surface area contributed by atoms with E-state index in [0.29, 0.717) is 34.7 Å². The van der Waals surface area contributed by atoms with Gasteiger partial charge in [0.1, 0.15) is 12.5 Å². The molecule has 0 spiro atoms. The van der Waals surface area contributed by atoms with E-state index >= 15 is 0 Å². The Morgan fingerprint density at radius 1 is 1.26 bits per heavy atom. The number of dihydropyridines is 1. The lowest BCUT2D eigenvalue weighted by Gasteiger charge is -2.38. The van der Waals surface area contributed by atoms with Crippen LogP contribution in [0.15, 0.2) is 46.8 Å². The highest BCUT2D eigenvalue weighted by atomic mass is 32.2. The number of carbonyl (C=O) groups is 3. The summed E-state index contributed by atoms with van der Waals surface area (Å²) in [5.41, 5.74) is 2.15. The fourth-order valence-corrected chi connectivity index (χ4v) is 4.98. The maximum atomic E-state index is 13.6. The van der Waals surface area contributed by atoms with Crippen LogP contribution in [0.25, 0.3) is 0 Å². The number of methoxy groups -OCH3 is 1. The third-order valence-electron chi connectivity index (χ3n) is 6.07. The topological polar surface area (TPSA) is 125 Å². The van der Waals surface area contributed by atoms with Gasteiger partial charge >= 0.3 is 11.9 Å². The van der Waals surface area contributed by atoms with Crippen LogP contribution in [0, 0.1) is 22.0 Å². The first-order valence-electron chi connectivity index (χ1n) is 11.0. The Morgan fingerprint density at radius 2 is 1.94 bits per heavy atom. The molecule has 0 bridgehead atoms. The predicted octanol–water partition coefficient (Wildman–Crippen LogP) is 3.50. The second kappa shape index (κ2) is 10.9.